The molecule has 0 saturated carbocycles. The lowest BCUT2D eigenvalue weighted by molar-refractivity contribution is -0.214. The number of pyridine rings is 1. The molecule has 1 saturated heterocycles. The normalized spacial score (nSPS) is 32.7. The molecule has 1 fully saturated rings. The second-order valence-corrected chi connectivity index (χ2v) is 6.90. The van der Waals surface area contributed by atoms with Crippen molar-refractivity contribution in [3.05, 3.63) is 24.5 Å². The van der Waals surface area contributed by atoms with Crippen LogP contribution < -0.4 is 5.32 Å². The van der Waals surface area contributed by atoms with E-state index >= 15 is 0 Å². The number of rotatable bonds is 5. The van der Waals surface area contributed by atoms with Crippen LogP contribution in [-0.4, -0.2) is 66.9 Å². The molecule has 2 rings (SSSR count). The van der Waals surface area contributed by atoms with Gasteiger partial charge in [-0.3, -0.25) is 9.55 Å². The fraction of sp³-hybridized carbons (Fsp3) is 0.583. The highest BCUT2D eigenvalue weighted by atomic mass is 31.2. The summed E-state index contributed by atoms with van der Waals surface area (Å²) in [5, 5.41) is 32.5. The van der Waals surface area contributed by atoms with Crippen LogP contribution in [0.25, 0.3) is 0 Å². The Morgan fingerprint density at radius 2 is 1.77 bits per heavy atom. The van der Waals surface area contributed by atoms with Gasteiger partial charge in [-0.25, -0.2) is 0 Å². The second kappa shape index (κ2) is 7.01. The molecule has 1 aromatic heterocycles. The number of hydrogen-bond acceptors (Lipinski definition) is 7. The van der Waals surface area contributed by atoms with E-state index in [1.165, 1.54) is 12.4 Å². The molecule has 2 heterocycles. The molecule has 0 spiro atoms. The Morgan fingerprint density at radius 3 is 2.36 bits per heavy atom. The summed E-state index contributed by atoms with van der Waals surface area (Å²) in [7, 11) is -4.24. The first-order valence-electron chi connectivity index (χ1n) is 6.69. The highest BCUT2D eigenvalue weighted by Crippen LogP contribution is 2.37. The molecular formula is C12H19N2O7P. The van der Waals surface area contributed by atoms with Gasteiger partial charge in [0, 0.05) is 18.1 Å². The molecule has 1 unspecified atom stereocenters. The predicted octanol–water partition coefficient (Wildman–Crippen LogP) is -1.13. The van der Waals surface area contributed by atoms with Gasteiger partial charge in [-0.15, -0.1) is 0 Å². The summed E-state index contributed by atoms with van der Waals surface area (Å²) >= 11 is 0. The zero-order valence-electron chi connectivity index (χ0n) is 11.6. The van der Waals surface area contributed by atoms with Gasteiger partial charge in [-0.05, 0) is 18.6 Å². The quantitative estimate of drug-likeness (QED) is 0.367. The summed E-state index contributed by atoms with van der Waals surface area (Å²) in [6.45, 7) is 0. The fourth-order valence-electron chi connectivity index (χ4n) is 2.22. The number of nitrogens with zero attached hydrogens (tertiary/aromatic N) is 1. The van der Waals surface area contributed by atoms with Crippen molar-refractivity contribution in [3.63, 3.8) is 0 Å². The minimum Gasteiger partial charge on any atom is -0.388 e. The van der Waals surface area contributed by atoms with Gasteiger partial charge in [0.2, 0.25) is 0 Å². The summed E-state index contributed by atoms with van der Waals surface area (Å²) in [4.78, 5) is 21.6. The zero-order chi connectivity index (χ0) is 16.3. The smallest absolute Gasteiger partial charge is 0.325 e. The monoisotopic (exact) mass is 334 g/mol. The van der Waals surface area contributed by atoms with E-state index in [-0.39, 0.29) is 6.42 Å². The number of hydrogen-bond donors (Lipinski definition) is 6. The number of nitrogens with one attached hydrogen (secondary N) is 1. The van der Waals surface area contributed by atoms with Crippen molar-refractivity contribution in [1.29, 1.82) is 0 Å². The molecule has 1 aliphatic heterocycles. The fourth-order valence-corrected chi connectivity index (χ4v) is 2.81. The Morgan fingerprint density at radius 1 is 1.14 bits per heavy atom. The molecule has 9 nitrogen and oxygen atoms in total. The lowest BCUT2D eigenvalue weighted by Gasteiger charge is -2.41. The molecule has 124 valence electrons. The van der Waals surface area contributed by atoms with Crippen molar-refractivity contribution in [2.24, 2.45) is 0 Å². The third-order valence-electron chi connectivity index (χ3n) is 3.41. The highest BCUT2D eigenvalue weighted by Gasteiger charge is 2.43. The summed E-state index contributed by atoms with van der Waals surface area (Å²) in [5.41, 5.74) is 0.580. The van der Waals surface area contributed by atoms with Gasteiger partial charge in [0.05, 0.1) is 12.3 Å². The maximum atomic E-state index is 10.9. The van der Waals surface area contributed by atoms with E-state index in [0.29, 0.717) is 5.69 Å². The summed E-state index contributed by atoms with van der Waals surface area (Å²) in [6.07, 6.45) is -3.94. The summed E-state index contributed by atoms with van der Waals surface area (Å²) < 4.78 is 16.4. The first-order valence-corrected chi connectivity index (χ1v) is 8.48. The number of aliphatic hydroxyl groups excluding tert-OH is 3. The molecule has 1 aliphatic rings. The van der Waals surface area contributed by atoms with Gasteiger partial charge >= 0.3 is 7.60 Å². The molecule has 0 aromatic carbocycles. The van der Waals surface area contributed by atoms with Crippen molar-refractivity contribution >= 4 is 13.3 Å². The van der Waals surface area contributed by atoms with E-state index in [1.807, 2.05) is 0 Å². The minimum atomic E-state index is -4.24. The first-order chi connectivity index (χ1) is 10.3. The Hall–Kier alpha value is -1.06. The van der Waals surface area contributed by atoms with E-state index in [1.54, 1.807) is 12.1 Å². The van der Waals surface area contributed by atoms with Gasteiger partial charge in [0.1, 0.15) is 18.3 Å². The second-order valence-electron chi connectivity index (χ2n) is 5.12. The molecule has 22 heavy (non-hydrogen) atoms. The molecule has 0 aliphatic carbocycles. The summed E-state index contributed by atoms with van der Waals surface area (Å²) in [6, 6.07) is 3.25. The zero-order valence-corrected chi connectivity index (χ0v) is 12.5. The molecule has 5 atom stereocenters. The first kappa shape index (κ1) is 17.3. The van der Waals surface area contributed by atoms with Crippen LogP contribution >= 0.6 is 7.60 Å². The molecule has 0 radical (unpaired) electrons. The lowest BCUT2D eigenvalue weighted by atomic mass is 9.96. The molecule has 0 amide bonds. The van der Waals surface area contributed by atoms with Gasteiger partial charge in [0.25, 0.3) is 0 Å². The summed E-state index contributed by atoms with van der Waals surface area (Å²) in [5.74, 6) is 0. The third-order valence-corrected chi connectivity index (χ3v) is 4.25. The Kier molecular flexibility index (Phi) is 5.51. The maximum absolute atomic E-state index is 10.9. The maximum Gasteiger partial charge on any atom is 0.325 e. The van der Waals surface area contributed by atoms with E-state index in [4.69, 9.17) is 14.5 Å². The molecule has 1 aromatic rings. The van der Waals surface area contributed by atoms with Crippen LogP contribution in [0.4, 0.5) is 5.69 Å². The Balaban J connectivity index is 2.05. The van der Waals surface area contributed by atoms with E-state index in [9.17, 15) is 19.9 Å². The van der Waals surface area contributed by atoms with E-state index < -0.39 is 44.4 Å². The average molecular weight is 334 g/mol. The van der Waals surface area contributed by atoms with E-state index in [0.717, 1.165) is 0 Å². The van der Waals surface area contributed by atoms with Crippen LogP contribution in [0.1, 0.15) is 6.42 Å². The number of aromatic nitrogens is 1. The molecular weight excluding hydrogens is 315 g/mol. The van der Waals surface area contributed by atoms with Gasteiger partial charge in [-0.2, -0.15) is 0 Å². The van der Waals surface area contributed by atoms with Gasteiger partial charge in [-0.1, -0.05) is 0 Å². The molecule has 0 bridgehead atoms. The topological polar surface area (TPSA) is 152 Å². The van der Waals surface area contributed by atoms with Crippen LogP contribution in [-0.2, 0) is 9.30 Å². The number of ether oxygens (including phenoxy) is 1. The lowest BCUT2D eigenvalue weighted by Crippen LogP contribution is -2.59. The standard InChI is InChI=1S/C12H19N2O7P/c15-9-8(3-6-22(18,19)20)21-12(11(17)10(9)16)14-7-1-4-13-5-2-7/h1-2,4-5,8-12,15-17H,3,6H2,(H,13,14)(H2,18,19,20)/t8-,9-,10+,11+,12?/m1/s1. The number of anilines is 1. The van der Waals surface area contributed by atoms with Crippen LogP contribution in [0.3, 0.4) is 0 Å². The number of aliphatic hydroxyl groups is 3. The van der Waals surface area contributed by atoms with Crippen molar-refractivity contribution in [3.8, 4) is 0 Å². The largest absolute Gasteiger partial charge is 0.388 e. The van der Waals surface area contributed by atoms with Crippen molar-refractivity contribution in [1.82, 2.24) is 4.98 Å². The van der Waals surface area contributed by atoms with Crippen molar-refractivity contribution in [2.45, 2.75) is 37.1 Å². The van der Waals surface area contributed by atoms with Gasteiger partial charge in [0.15, 0.2) is 6.23 Å². The SMILES string of the molecule is O=P(O)(O)CC[C@H]1OC(Nc2ccncc2)[C@@H](O)[C@@H](O)[C@@H]1O. The van der Waals surface area contributed by atoms with Crippen LogP contribution in [0.15, 0.2) is 24.5 Å². The minimum absolute atomic E-state index is 0.149. The van der Waals surface area contributed by atoms with Crippen LogP contribution in [0, 0.1) is 0 Å². The van der Waals surface area contributed by atoms with Crippen molar-refractivity contribution in [2.75, 3.05) is 11.5 Å². The molecule has 6 N–H and O–H groups in total. The van der Waals surface area contributed by atoms with E-state index in [2.05, 4.69) is 10.3 Å². The Bertz CT molecular complexity index is 525. The third kappa shape index (κ3) is 4.47. The van der Waals surface area contributed by atoms with Gasteiger partial charge < -0.3 is 35.2 Å². The van der Waals surface area contributed by atoms with Crippen molar-refractivity contribution < 1.29 is 34.4 Å². The predicted molar refractivity (Wildman–Crippen MR) is 76.1 cm³/mol. The molecule has 10 heteroatoms. The average Bonchev–Trinajstić information content (AvgIpc) is 2.47. The van der Waals surface area contributed by atoms with Crippen LogP contribution in [0.2, 0.25) is 0 Å². The van der Waals surface area contributed by atoms with Crippen LogP contribution in [0.5, 0.6) is 0 Å². The highest BCUT2D eigenvalue weighted by molar-refractivity contribution is 7.51. The Labute approximate surface area is 126 Å².